The van der Waals surface area contributed by atoms with Crippen molar-refractivity contribution >= 4 is 5.69 Å². The van der Waals surface area contributed by atoms with Gasteiger partial charge in [-0.3, -0.25) is 0 Å². The Labute approximate surface area is 123 Å². The third kappa shape index (κ3) is 2.91. The highest BCUT2D eigenvalue weighted by Crippen LogP contribution is 2.20. The molecule has 5 heteroatoms. The number of rotatable bonds is 4. The number of nitrogens with zero attached hydrogens (tertiary/aromatic N) is 4. The molecule has 0 bridgehead atoms. The second-order valence-electron chi connectivity index (χ2n) is 4.91. The summed E-state index contributed by atoms with van der Waals surface area (Å²) in [6, 6.07) is 9.72. The fourth-order valence-electron chi connectivity index (χ4n) is 2.18. The standard InChI is InChI=1S/C16H17N5/c1-2-3-15-8-16(19-11-18-15)21-10-13(9-20-21)12-4-6-14(17)7-5-12/h4-11H,2-3,17H2,1H3. The highest BCUT2D eigenvalue weighted by Gasteiger charge is 2.05. The van der Waals surface area contributed by atoms with Gasteiger partial charge in [0.25, 0.3) is 0 Å². The molecule has 0 spiro atoms. The molecule has 0 unspecified atom stereocenters. The third-order valence-corrected chi connectivity index (χ3v) is 3.28. The second-order valence-corrected chi connectivity index (χ2v) is 4.91. The lowest BCUT2D eigenvalue weighted by Gasteiger charge is -2.02. The fraction of sp³-hybridized carbons (Fsp3) is 0.188. The number of benzene rings is 1. The highest BCUT2D eigenvalue weighted by molar-refractivity contribution is 5.64. The Kier molecular flexibility index (Phi) is 3.64. The highest BCUT2D eigenvalue weighted by atomic mass is 15.3. The zero-order valence-corrected chi connectivity index (χ0v) is 11.9. The Hall–Kier alpha value is -2.69. The third-order valence-electron chi connectivity index (χ3n) is 3.28. The summed E-state index contributed by atoms with van der Waals surface area (Å²) in [6.45, 7) is 2.13. The van der Waals surface area contributed by atoms with Crippen LogP contribution in [0.25, 0.3) is 16.9 Å². The van der Waals surface area contributed by atoms with E-state index in [1.165, 1.54) is 0 Å². The van der Waals surface area contributed by atoms with E-state index in [-0.39, 0.29) is 0 Å². The maximum absolute atomic E-state index is 5.71. The molecule has 0 aliphatic rings. The minimum Gasteiger partial charge on any atom is -0.399 e. The molecule has 0 amide bonds. The Morgan fingerprint density at radius 3 is 2.67 bits per heavy atom. The van der Waals surface area contributed by atoms with Crippen LogP contribution < -0.4 is 5.73 Å². The molecule has 0 saturated heterocycles. The molecule has 3 rings (SSSR count). The van der Waals surface area contributed by atoms with Crippen molar-refractivity contribution in [1.82, 2.24) is 19.7 Å². The quantitative estimate of drug-likeness (QED) is 0.745. The summed E-state index contributed by atoms with van der Waals surface area (Å²) in [5.41, 5.74) is 9.61. The first kappa shape index (κ1) is 13.3. The molecule has 5 nitrogen and oxygen atoms in total. The molecule has 2 N–H and O–H groups in total. The Morgan fingerprint density at radius 2 is 1.90 bits per heavy atom. The zero-order valence-electron chi connectivity index (χ0n) is 11.9. The van der Waals surface area contributed by atoms with E-state index in [0.717, 1.165) is 41.2 Å². The van der Waals surface area contributed by atoms with E-state index >= 15 is 0 Å². The molecular formula is C16H17N5. The van der Waals surface area contributed by atoms with Gasteiger partial charge in [0.2, 0.25) is 0 Å². The van der Waals surface area contributed by atoms with Crippen LogP contribution in [0.5, 0.6) is 0 Å². The maximum atomic E-state index is 5.71. The largest absolute Gasteiger partial charge is 0.399 e. The summed E-state index contributed by atoms with van der Waals surface area (Å²) in [5, 5.41) is 4.38. The van der Waals surface area contributed by atoms with Crippen LogP contribution in [0.15, 0.2) is 49.1 Å². The summed E-state index contributed by atoms with van der Waals surface area (Å²) >= 11 is 0. The number of aromatic nitrogens is 4. The molecular weight excluding hydrogens is 262 g/mol. The molecule has 0 aliphatic heterocycles. The normalized spacial score (nSPS) is 10.7. The molecule has 1 aromatic carbocycles. The summed E-state index contributed by atoms with van der Waals surface area (Å²) in [5.74, 6) is 0.787. The smallest absolute Gasteiger partial charge is 0.156 e. The number of nitrogens with two attached hydrogens (primary N) is 1. The summed E-state index contributed by atoms with van der Waals surface area (Å²) in [4.78, 5) is 8.55. The van der Waals surface area contributed by atoms with Crippen LogP contribution in [0.3, 0.4) is 0 Å². The SMILES string of the molecule is CCCc1cc(-n2cc(-c3ccc(N)cc3)cn2)ncn1. The van der Waals surface area contributed by atoms with E-state index in [1.54, 1.807) is 11.0 Å². The van der Waals surface area contributed by atoms with Crippen molar-refractivity contribution in [3.8, 4) is 16.9 Å². The minimum absolute atomic E-state index is 0.756. The van der Waals surface area contributed by atoms with Crippen molar-refractivity contribution in [2.75, 3.05) is 5.73 Å². The minimum atomic E-state index is 0.756. The van der Waals surface area contributed by atoms with E-state index in [0.29, 0.717) is 0 Å². The molecule has 21 heavy (non-hydrogen) atoms. The molecule has 0 aliphatic carbocycles. The molecule has 2 aromatic heterocycles. The number of nitrogen functional groups attached to an aromatic ring is 1. The average molecular weight is 279 g/mol. The first-order chi connectivity index (χ1) is 10.3. The van der Waals surface area contributed by atoms with Gasteiger partial charge >= 0.3 is 0 Å². The first-order valence-corrected chi connectivity index (χ1v) is 6.98. The molecule has 0 saturated carbocycles. The van der Waals surface area contributed by atoms with Crippen LogP contribution >= 0.6 is 0 Å². The number of hydrogen-bond donors (Lipinski definition) is 1. The molecule has 0 fully saturated rings. The van der Waals surface area contributed by atoms with Crippen molar-refractivity contribution in [2.24, 2.45) is 0 Å². The van der Waals surface area contributed by atoms with Crippen molar-refractivity contribution in [1.29, 1.82) is 0 Å². The Balaban J connectivity index is 1.91. The van der Waals surface area contributed by atoms with Gasteiger partial charge in [0.05, 0.1) is 6.20 Å². The number of anilines is 1. The lowest BCUT2D eigenvalue weighted by Crippen LogP contribution is -2.00. The van der Waals surface area contributed by atoms with Gasteiger partial charge in [0.15, 0.2) is 5.82 Å². The molecule has 3 aromatic rings. The molecule has 0 radical (unpaired) electrons. The van der Waals surface area contributed by atoms with Gasteiger partial charge in [-0.15, -0.1) is 0 Å². The van der Waals surface area contributed by atoms with Crippen LogP contribution in [-0.2, 0) is 6.42 Å². The van der Waals surface area contributed by atoms with E-state index in [9.17, 15) is 0 Å². The monoisotopic (exact) mass is 279 g/mol. The van der Waals surface area contributed by atoms with Crippen molar-refractivity contribution in [3.63, 3.8) is 0 Å². The average Bonchev–Trinajstić information content (AvgIpc) is 2.98. The molecule has 106 valence electrons. The van der Waals surface area contributed by atoms with Crippen molar-refractivity contribution < 1.29 is 0 Å². The lowest BCUT2D eigenvalue weighted by molar-refractivity contribution is 0.813. The van der Waals surface area contributed by atoms with E-state index < -0.39 is 0 Å². The Bertz CT molecular complexity index is 730. The van der Waals surface area contributed by atoms with Gasteiger partial charge in [-0.2, -0.15) is 5.10 Å². The van der Waals surface area contributed by atoms with Gasteiger partial charge in [-0.1, -0.05) is 25.5 Å². The summed E-state index contributed by atoms with van der Waals surface area (Å²) in [7, 11) is 0. The van der Waals surface area contributed by atoms with E-state index in [1.807, 2.05) is 42.7 Å². The van der Waals surface area contributed by atoms with Gasteiger partial charge in [0.1, 0.15) is 6.33 Å². The Morgan fingerprint density at radius 1 is 1.10 bits per heavy atom. The van der Waals surface area contributed by atoms with Crippen LogP contribution in [0.4, 0.5) is 5.69 Å². The van der Waals surface area contributed by atoms with Crippen LogP contribution in [-0.4, -0.2) is 19.7 Å². The van der Waals surface area contributed by atoms with Crippen molar-refractivity contribution in [3.05, 3.63) is 54.7 Å². The number of aryl methyl sites for hydroxylation is 1. The summed E-state index contributed by atoms with van der Waals surface area (Å²) < 4.78 is 1.77. The fourth-order valence-corrected chi connectivity index (χ4v) is 2.18. The van der Waals surface area contributed by atoms with Gasteiger partial charge in [0, 0.05) is 29.2 Å². The predicted octanol–water partition coefficient (Wildman–Crippen LogP) is 2.86. The second kappa shape index (κ2) is 5.75. The van der Waals surface area contributed by atoms with Crippen molar-refractivity contribution in [2.45, 2.75) is 19.8 Å². The van der Waals surface area contributed by atoms with Gasteiger partial charge in [-0.25, -0.2) is 14.6 Å². The first-order valence-electron chi connectivity index (χ1n) is 6.98. The van der Waals surface area contributed by atoms with Crippen LogP contribution in [0.2, 0.25) is 0 Å². The van der Waals surface area contributed by atoms with Crippen LogP contribution in [0.1, 0.15) is 19.0 Å². The predicted molar refractivity (Wildman–Crippen MR) is 83.0 cm³/mol. The van der Waals surface area contributed by atoms with Gasteiger partial charge < -0.3 is 5.73 Å². The number of hydrogen-bond acceptors (Lipinski definition) is 4. The summed E-state index contributed by atoms with van der Waals surface area (Å²) in [6.07, 6.45) is 7.38. The topological polar surface area (TPSA) is 69.6 Å². The van der Waals surface area contributed by atoms with Crippen LogP contribution in [0, 0.1) is 0 Å². The van der Waals surface area contributed by atoms with E-state index in [4.69, 9.17) is 5.73 Å². The lowest BCUT2D eigenvalue weighted by atomic mass is 10.1. The maximum Gasteiger partial charge on any atom is 0.156 e. The zero-order chi connectivity index (χ0) is 14.7. The van der Waals surface area contributed by atoms with E-state index in [2.05, 4.69) is 22.0 Å². The molecule has 2 heterocycles. The molecule has 0 atom stereocenters. The van der Waals surface area contributed by atoms with Gasteiger partial charge in [-0.05, 0) is 24.1 Å².